The first-order valence-electron chi connectivity index (χ1n) is 8.22. The molecule has 0 aliphatic heterocycles. The predicted molar refractivity (Wildman–Crippen MR) is 100 cm³/mol. The summed E-state index contributed by atoms with van der Waals surface area (Å²) in [7, 11) is -3.64. The van der Waals surface area contributed by atoms with E-state index in [-0.39, 0.29) is 36.9 Å². The molecule has 0 unspecified atom stereocenters. The number of benzene rings is 2. The number of nitrogens with two attached hydrogens (primary N) is 1. The highest BCUT2D eigenvalue weighted by Crippen LogP contribution is 2.15. The van der Waals surface area contributed by atoms with Crippen LogP contribution in [-0.4, -0.2) is 34.0 Å². The fourth-order valence-electron chi connectivity index (χ4n) is 2.17. The van der Waals surface area contributed by atoms with E-state index in [1.165, 1.54) is 12.1 Å². The Morgan fingerprint density at radius 2 is 1.85 bits per heavy atom. The number of anilines is 1. The number of hydrogen-bond donors (Lipinski definition) is 3. The van der Waals surface area contributed by atoms with Crippen LogP contribution in [0.2, 0.25) is 0 Å². The van der Waals surface area contributed by atoms with Crippen molar-refractivity contribution in [3.63, 3.8) is 0 Å². The molecule has 2 aromatic rings. The van der Waals surface area contributed by atoms with Gasteiger partial charge in [-0.05, 0) is 23.8 Å². The second-order valence-electron chi connectivity index (χ2n) is 5.55. The number of hydrogen-bond acceptors (Lipinski definition) is 5. The van der Waals surface area contributed by atoms with Crippen molar-refractivity contribution in [1.29, 1.82) is 0 Å². The van der Waals surface area contributed by atoms with Crippen LogP contribution >= 0.6 is 0 Å². The molecule has 2 aromatic carbocycles. The quantitative estimate of drug-likeness (QED) is 0.543. The normalized spacial score (nSPS) is 11.3. The average molecular weight is 377 g/mol. The van der Waals surface area contributed by atoms with Gasteiger partial charge in [0.05, 0.1) is 24.5 Å². The monoisotopic (exact) mass is 377 g/mol. The minimum absolute atomic E-state index is 0.0732. The van der Waals surface area contributed by atoms with Crippen molar-refractivity contribution in [2.75, 3.05) is 25.0 Å². The molecule has 2 rings (SSSR count). The zero-order valence-corrected chi connectivity index (χ0v) is 15.2. The third-order valence-electron chi connectivity index (χ3n) is 3.45. The van der Waals surface area contributed by atoms with E-state index in [1.54, 1.807) is 12.1 Å². The SMILES string of the molecule is NCCNS(=O)(=O)c1cccc(NC(=O)CCOCc2ccccc2)c1. The molecule has 0 aromatic heterocycles. The Morgan fingerprint density at radius 1 is 1.08 bits per heavy atom. The van der Waals surface area contributed by atoms with Crippen LogP contribution in [0, 0.1) is 0 Å². The molecule has 0 radical (unpaired) electrons. The number of sulfonamides is 1. The lowest BCUT2D eigenvalue weighted by Gasteiger charge is -2.09. The summed E-state index contributed by atoms with van der Waals surface area (Å²) in [6.45, 7) is 1.07. The third kappa shape index (κ3) is 6.57. The van der Waals surface area contributed by atoms with Gasteiger partial charge in [0.2, 0.25) is 15.9 Å². The Bertz CT molecular complexity index is 810. The zero-order chi connectivity index (χ0) is 18.8. The van der Waals surface area contributed by atoms with Crippen molar-refractivity contribution in [3.8, 4) is 0 Å². The summed E-state index contributed by atoms with van der Waals surface area (Å²) in [5.41, 5.74) is 6.76. The number of carbonyl (C=O) groups is 1. The molecule has 0 spiro atoms. The van der Waals surface area contributed by atoms with E-state index in [0.717, 1.165) is 5.56 Å². The van der Waals surface area contributed by atoms with Crippen molar-refractivity contribution in [2.45, 2.75) is 17.9 Å². The molecule has 4 N–H and O–H groups in total. The maximum atomic E-state index is 12.1. The van der Waals surface area contributed by atoms with Crippen LogP contribution in [0.25, 0.3) is 0 Å². The molecule has 0 aliphatic carbocycles. The molecular weight excluding hydrogens is 354 g/mol. The van der Waals surface area contributed by atoms with Crippen LogP contribution in [0.3, 0.4) is 0 Å². The topological polar surface area (TPSA) is 111 Å². The number of carbonyl (C=O) groups excluding carboxylic acids is 1. The van der Waals surface area contributed by atoms with E-state index in [2.05, 4.69) is 10.0 Å². The second kappa shape index (κ2) is 10.0. The highest BCUT2D eigenvalue weighted by molar-refractivity contribution is 7.89. The Balaban J connectivity index is 1.82. The number of nitrogens with one attached hydrogen (secondary N) is 2. The smallest absolute Gasteiger partial charge is 0.240 e. The van der Waals surface area contributed by atoms with Crippen LogP contribution in [-0.2, 0) is 26.2 Å². The van der Waals surface area contributed by atoms with E-state index >= 15 is 0 Å². The van der Waals surface area contributed by atoms with Gasteiger partial charge >= 0.3 is 0 Å². The molecular formula is C18H23N3O4S. The van der Waals surface area contributed by atoms with E-state index in [9.17, 15) is 13.2 Å². The minimum Gasteiger partial charge on any atom is -0.376 e. The lowest BCUT2D eigenvalue weighted by Crippen LogP contribution is -2.29. The number of rotatable bonds is 10. The molecule has 8 heteroatoms. The van der Waals surface area contributed by atoms with Crippen LogP contribution in [0.4, 0.5) is 5.69 Å². The first-order valence-corrected chi connectivity index (χ1v) is 9.71. The van der Waals surface area contributed by atoms with E-state index in [4.69, 9.17) is 10.5 Å². The van der Waals surface area contributed by atoms with Gasteiger partial charge in [0.1, 0.15) is 0 Å². The molecule has 0 bridgehead atoms. The van der Waals surface area contributed by atoms with Gasteiger partial charge in [-0.25, -0.2) is 13.1 Å². The average Bonchev–Trinajstić information content (AvgIpc) is 2.65. The first-order chi connectivity index (χ1) is 12.5. The first kappa shape index (κ1) is 20.1. The molecule has 0 aliphatic rings. The highest BCUT2D eigenvalue weighted by atomic mass is 32.2. The molecule has 0 heterocycles. The van der Waals surface area contributed by atoms with Gasteiger partial charge in [-0.3, -0.25) is 4.79 Å². The van der Waals surface area contributed by atoms with E-state index in [1.807, 2.05) is 30.3 Å². The molecule has 0 saturated carbocycles. The highest BCUT2D eigenvalue weighted by Gasteiger charge is 2.14. The molecule has 1 amide bonds. The Morgan fingerprint density at radius 3 is 2.58 bits per heavy atom. The maximum Gasteiger partial charge on any atom is 0.240 e. The van der Waals surface area contributed by atoms with Gasteiger partial charge in [-0.2, -0.15) is 0 Å². The summed E-state index contributed by atoms with van der Waals surface area (Å²) in [6.07, 6.45) is 0.176. The van der Waals surface area contributed by atoms with Crippen LogP contribution < -0.4 is 15.8 Å². The Hall–Kier alpha value is -2.26. The molecule has 26 heavy (non-hydrogen) atoms. The van der Waals surface area contributed by atoms with Crippen molar-refractivity contribution >= 4 is 21.6 Å². The summed E-state index contributed by atoms with van der Waals surface area (Å²) in [6, 6.07) is 15.7. The van der Waals surface area contributed by atoms with Gasteiger partial charge in [0, 0.05) is 18.8 Å². The molecule has 0 atom stereocenters. The second-order valence-corrected chi connectivity index (χ2v) is 7.32. The van der Waals surface area contributed by atoms with Gasteiger partial charge in [-0.1, -0.05) is 36.4 Å². The Labute approximate surface area is 153 Å². The Kier molecular flexibility index (Phi) is 7.73. The summed E-state index contributed by atoms with van der Waals surface area (Å²) in [4.78, 5) is 12.1. The molecule has 0 saturated heterocycles. The van der Waals surface area contributed by atoms with Crippen molar-refractivity contribution in [2.24, 2.45) is 5.73 Å². The zero-order valence-electron chi connectivity index (χ0n) is 14.4. The number of ether oxygens (including phenoxy) is 1. The van der Waals surface area contributed by atoms with Crippen molar-refractivity contribution in [3.05, 3.63) is 60.2 Å². The van der Waals surface area contributed by atoms with Crippen LogP contribution in [0.5, 0.6) is 0 Å². The van der Waals surface area contributed by atoms with Crippen molar-refractivity contribution < 1.29 is 17.9 Å². The lowest BCUT2D eigenvalue weighted by atomic mass is 10.2. The minimum atomic E-state index is -3.64. The van der Waals surface area contributed by atoms with Gasteiger partial charge in [0.15, 0.2) is 0 Å². The summed E-state index contributed by atoms with van der Waals surface area (Å²) < 4.78 is 32.0. The van der Waals surface area contributed by atoms with Crippen LogP contribution in [0.1, 0.15) is 12.0 Å². The largest absolute Gasteiger partial charge is 0.376 e. The lowest BCUT2D eigenvalue weighted by molar-refractivity contribution is -0.117. The summed E-state index contributed by atoms with van der Waals surface area (Å²) in [5.74, 6) is -0.248. The molecule has 140 valence electrons. The van der Waals surface area contributed by atoms with E-state index in [0.29, 0.717) is 12.3 Å². The molecule has 7 nitrogen and oxygen atoms in total. The van der Waals surface area contributed by atoms with Crippen molar-refractivity contribution in [1.82, 2.24) is 4.72 Å². The fraction of sp³-hybridized carbons (Fsp3) is 0.278. The predicted octanol–water partition coefficient (Wildman–Crippen LogP) is 1.47. The number of amides is 1. The summed E-state index contributed by atoms with van der Waals surface area (Å²) in [5, 5.41) is 2.67. The van der Waals surface area contributed by atoms with Gasteiger partial charge in [-0.15, -0.1) is 0 Å². The fourth-order valence-corrected chi connectivity index (χ4v) is 3.26. The molecule has 0 fully saturated rings. The van der Waals surface area contributed by atoms with Gasteiger partial charge < -0.3 is 15.8 Å². The third-order valence-corrected chi connectivity index (χ3v) is 4.91. The standard InChI is InChI=1S/C18H23N3O4S/c19-10-11-20-26(23,24)17-8-4-7-16(13-17)21-18(22)9-12-25-14-15-5-2-1-3-6-15/h1-8,13,20H,9-12,14,19H2,(H,21,22). The van der Waals surface area contributed by atoms with E-state index < -0.39 is 10.0 Å². The maximum absolute atomic E-state index is 12.1. The van der Waals surface area contributed by atoms with Crippen LogP contribution in [0.15, 0.2) is 59.5 Å². The summed E-state index contributed by atoms with van der Waals surface area (Å²) >= 11 is 0. The van der Waals surface area contributed by atoms with Gasteiger partial charge in [0.25, 0.3) is 0 Å².